The second-order valence-corrected chi connectivity index (χ2v) is 7.14. The maximum absolute atomic E-state index is 10.8. The molecule has 0 saturated carbocycles. The van der Waals surface area contributed by atoms with Gasteiger partial charge >= 0.3 is 0 Å². The van der Waals surface area contributed by atoms with Crippen LogP contribution in [0.15, 0.2) is 41.7 Å². The van der Waals surface area contributed by atoms with Gasteiger partial charge in [0.1, 0.15) is 18.1 Å². The highest BCUT2D eigenvalue weighted by Crippen LogP contribution is 2.32. The Bertz CT molecular complexity index is 822. The van der Waals surface area contributed by atoms with Crippen molar-refractivity contribution in [3.8, 4) is 0 Å². The van der Waals surface area contributed by atoms with E-state index in [0.29, 0.717) is 0 Å². The number of hydrogen-bond donors (Lipinski definition) is 1. The van der Waals surface area contributed by atoms with Gasteiger partial charge in [-0.3, -0.25) is 4.98 Å². The van der Waals surface area contributed by atoms with Crippen molar-refractivity contribution >= 4 is 27.0 Å². The maximum atomic E-state index is 10.8. The van der Waals surface area contributed by atoms with Gasteiger partial charge in [-0.1, -0.05) is 0 Å². The first kappa shape index (κ1) is 15.1. The van der Waals surface area contributed by atoms with Crippen molar-refractivity contribution in [3.63, 3.8) is 0 Å². The lowest BCUT2D eigenvalue weighted by Gasteiger charge is -2.21. The van der Waals surface area contributed by atoms with E-state index in [4.69, 9.17) is 0 Å². The predicted octanol–water partition coefficient (Wildman–Crippen LogP) is 3.43. The number of rotatable bonds is 2. The molecule has 0 unspecified atom stereocenters. The summed E-state index contributed by atoms with van der Waals surface area (Å²) in [5.74, 6) is 0. The minimum absolute atomic E-state index is 0.139. The van der Waals surface area contributed by atoms with Gasteiger partial charge in [-0.2, -0.15) is 0 Å². The zero-order valence-electron chi connectivity index (χ0n) is 12.7. The SMILES string of the molecule is CC(C)(C)n1cc([C@@H](O)c2cncc(Br)c2)c2cncnc21. The van der Waals surface area contributed by atoms with E-state index < -0.39 is 6.10 Å². The summed E-state index contributed by atoms with van der Waals surface area (Å²) in [6, 6.07) is 1.86. The lowest BCUT2D eigenvalue weighted by atomic mass is 10.0. The quantitative estimate of drug-likeness (QED) is 0.760. The van der Waals surface area contributed by atoms with E-state index in [9.17, 15) is 5.11 Å². The summed E-state index contributed by atoms with van der Waals surface area (Å²) >= 11 is 3.39. The molecule has 0 fully saturated rings. The minimum atomic E-state index is -0.776. The Morgan fingerprint density at radius 1 is 1.18 bits per heavy atom. The molecule has 1 N–H and O–H groups in total. The molecular formula is C16H17BrN4O. The topological polar surface area (TPSA) is 63.8 Å². The second-order valence-electron chi connectivity index (χ2n) is 6.22. The van der Waals surface area contributed by atoms with Gasteiger partial charge in [0.2, 0.25) is 0 Å². The fraction of sp³-hybridized carbons (Fsp3) is 0.312. The number of halogens is 1. The molecule has 0 amide bonds. The van der Waals surface area contributed by atoms with Crippen molar-refractivity contribution in [1.82, 2.24) is 19.5 Å². The summed E-state index contributed by atoms with van der Waals surface area (Å²) < 4.78 is 2.90. The summed E-state index contributed by atoms with van der Waals surface area (Å²) in [5, 5.41) is 11.6. The maximum Gasteiger partial charge on any atom is 0.144 e. The van der Waals surface area contributed by atoms with Crippen LogP contribution in [-0.4, -0.2) is 24.6 Å². The van der Waals surface area contributed by atoms with E-state index in [1.54, 1.807) is 18.6 Å². The van der Waals surface area contributed by atoms with Crippen LogP contribution in [0, 0.1) is 0 Å². The van der Waals surface area contributed by atoms with Crippen LogP contribution in [0.3, 0.4) is 0 Å². The van der Waals surface area contributed by atoms with Crippen LogP contribution in [0.2, 0.25) is 0 Å². The van der Waals surface area contributed by atoms with Crippen LogP contribution >= 0.6 is 15.9 Å². The molecule has 5 nitrogen and oxygen atoms in total. The van der Waals surface area contributed by atoms with E-state index in [-0.39, 0.29) is 5.54 Å². The lowest BCUT2D eigenvalue weighted by Crippen LogP contribution is -2.21. The molecule has 0 radical (unpaired) electrons. The Labute approximate surface area is 137 Å². The van der Waals surface area contributed by atoms with Gasteiger partial charge < -0.3 is 9.67 Å². The molecule has 114 valence electrons. The number of nitrogens with zero attached hydrogens (tertiary/aromatic N) is 4. The van der Waals surface area contributed by atoms with Crippen LogP contribution in [0.5, 0.6) is 0 Å². The van der Waals surface area contributed by atoms with E-state index in [1.165, 1.54) is 6.33 Å². The van der Waals surface area contributed by atoms with E-state index >= 15 is 0 Å². The summed E-state index contributed by atoms with van der Waals surface area (Å²) in [7, 11) is 0. The van der Waals surface area contributed by atoms with Crippen LogP contribution in [0.25, 0.3) is 11.0 Å². The fourth-order valence-electron chi connectivity index (χ4n) is 2.48. The molecule has 6 heteroatoms. The Hall–Kier alpha value is -1.79. The van der Waals surface area contributed by atoms with Gasteiger partial charge in [-0.05, 0) is 42.8 Å². The number of aliphatic hydroxyl groups is 1. The Balaban J connectivity index is 2.19. The number of hydrogen-bond acceptors (Lipinski definition) is 4. The smallest absolute Gasteiger partial charge is 0.144 e. The average molecular weight is 361 g/mol. The van der Waals surface area contributed by atoms with Gasteiger partial charge in [0, 0.05) is 51.3 Å². The first-order valence-electron chi connectivity index (χ1n) is 6.98. The first-order valence-corrected chi connectivity index (χ1v) is 7.77. The normalized spacial score (nSPS) is 13.5. The highest BCUT2D eigenvalue weighted by atomic mass is 79.9. The zero-order chi connectivity index (χ0) is 15.9. The number of aromatic nitrogens is 4. The highest BCUT2D eigenvalue weighted by molar-refractivity contribution is 9.10. The summed E-state index contributed by atoms with van der Waals surface area (Å²) in [6.07, 6.45) is 7.81. The van der Waals surface area contributed by atoms with Crippen LogP contribution in [-0.2, 0) is 5.54 Å². The number of pyridine rings is 1. The van der Waals surface area contributed by atoms with Crippen molar-refractivity contribution in [2.24, 2.45) is 0 Å². The second kappa shape index (κ2) is 5.44. The molecule has 0 aliphatic carbocycles. The van der Waals surface area contributed by atoms with E-state index in [1.807, 2.05) is 12.3 Å². The van der Waals surface area contributed by atoms with Crippen LogP contribution < -0.4 is 0 Å². The largest absolute Gasteiger partial charge is 0.384 e. The molecule has 3 aromatic heterocycles. The molecule has 22 heavy (non-hydrogen) atoms. The molecule has 0 bridgehead atoms. The highest BCUT2D eigenvalue weighted by Gasteiger charge is 2.23. The van der Waals surface area contributed by atoms with Gasteiger partial charge in [-0.25, -0.2) is 9.97 Å². The van der Waals surface area contributed by atoms with E-state index in [2.05, 4.69) is 56.2 Å². The molecule has 3 heterocycles. The predicted molar refractivity (Wildman–Crippen MR) is 88.5 cm³/mol. The van der Waals surface area contributed by atoms with Crippen molar-refractivity contribution in [2.75, 3.05) is 0 Å². The zero-order valence-corrected chi connectivity index (χ0v) is 14.2. The average Bonchev–Trinajstić information content (AvgIpc) is 2.86. The molecule has 0 spiro atoms. The Morgan fingerprint density at radius 3 is 2.64 bits per heavy atom. The standard InChI is InChI=1S/C16H17BrN4O/c1-16(2,3)21-8-13(12-7-19-9-20-15(12)21)14(22)10-4-11(17)6-18-5-10/h4-9,14,22H,1-3H3/t14-/m0/s1. The van der Waals surface area contributed by atoms with Crippen LogP contribution in [0.1, 0.15) is 38.0 Å². The van der Waals surface area contributed by atoms with Crippen molar-refractivity contribution < 1.29 is 5.11 Å². The third-order valence-corrected chi connectivity index (χ3v) is 3.99. The van der Waals surface area contributed by atoms with Crippen molar-refractivity contribution in [1.29, 1.82) is 0 Å². The molecule has 0 aliphatic rings. The summed E-state index contributed by atoms with van der Waals surface area (Å²) in [4.78, 5) is 12.6. The van der Waals surface area contributed by atoms with Crippen molar-refractivity contribution in [2.45, 2.75) is 32.4 Å². The van der Waals surface area contributed by atoms with Gasteiger partial charge in [0.15, 0.2) is 0 Å². The molecular weight excluding hydrogens is 344 g/mol. The Morgan fingerprint density at radius 2 is 1.95 bits per heavy atom. The number of aliphatic hydroxyl groups excluding tert-OH is 1. The minimum Gasteiger partial charge on any atom is -0.384 e. The Kier molecular flexibility index (Phi) is 3.74. The summed E-state index contributed by atoms with van der Waals surface area (Å²) in [5.41, 5.74) is 2.19. The third-order valence-electron chi connectivity index (χ3n) is 3.56. The van der Waals surface area contributed by atoms with Crippen LogP contribution in [0.4, 0.5) is 0 Å². The van der Waals surface area contributed by atoms with Gasteiger partial charge in [0.05, 0.1) is 0 Å². The first-order chi connectivity index (χ1) is 10.4. The van der Waals surface area contributed by atoms with Gasteiger partial charge in [-0.15, -0.1) is 0 Å². The fourth-order valence-corrected chi connectivity index (χ4v) is 2.86. The lowest BCUT2D eigenvalue weighted by molar-refractivity contribution is 0.220. The third kappa shape index (κ3) is 2.64. The van der Waals surface area contributed by atoms with Crippen molar-refractivity contribution in [3.05, 3.63) is 52.8 Å². The molecule has 0 saturated heterocycles. The molecule has 0 aliphatic heterocycles. The molecule has 0 aromatic carbocycles. The number of fused-ring (bicyclic) bond motifs is 1. The molecule has 3 rings (SSSR count). The van der Waals surface area contributed by atoms with Gasteiger partial charge in [0.25, 0.3) is 0 Å². The summed E-state index contributed by atoms with van der Waals surface area (Å²) in [6.45, 7) is 6.31. The monoisotopic (exact) mass is 360 g/mol. The van der Waals surface area contributed by atoms with E-state index in [0.717, 1.165) is 26.6 Å². The molecule has 3 aromatic rings. The molecule has 1 atom stereocenters.